The molecule has 0 aromatic heterocycles. The van der Waals surface area contributed by atoms with Gasteiger partial charge in [-0.2, -0.15) is 0 Å². The Morgan fingerprint density at radius 2 is 1.58 bits per heavy atom. The summed E-state index contributed by atoms with van der Waals surface area (Å²) in [4.78, 5) is 0. The predicted molar refractivity (Wildman–Crippen MR) is 118 cm³/mol. The SMILES string of the molecule is C[Si]1(C)c2cc3c(c(C4C(CCO)=Cc5ccccc54)c21)[CH]([Zr+2])c1ccccc1-3.[Cl-].[Cl-]. The quantitative estimate of drug-likeness (QED) is 0.395. The first kappa shape index (κ1) is 23.2. The van der Waals surface area contributed by atoms with Gasteiger partial charge in [-0.15, -0.1) is 0 Å². The minimum Gasteiger partial charge on any atom is -1.00 e. The van der Waals surface area contributed by atoms with Crippen LogP contribution in [0.5, 0.6) is 0 Å². The van der Waals surface area contributed by atoms with Crippen LogP contribution < -0.4 is 35.2 Å². The second-order valence-corrected chi connectivity index (χ2v) is 14.8. The van der Waals surface area contributed by atoms with E-state index in [9.17, 15) is 5.11 Å². The first-order chi connectivity index (χ1) is 14.0. The number of aliphatic hydroxyl groups is 1. The van der Waals surface area contributed by atoms with Gasteiger partial charge in [0, 0.05) is 0 Å². The van der Waals surface area contributed by atoms with Gasteiger partial charge < -0.3 is 24.8 Å². The van der Waals surface area contributed by atoms with E-state index in [2.05, 4.69) is 73.8 Å². The summed E-state index contributed by atoms with van der Waals surface area (Å²) in [5, 5.41) is 13.2. The maximum atomic E-state index is 9.82. The zero-order valence-corrected chi connectivity index (χ0v) is 22.5. The number of benzene rings is 3. The Hall–Kier alpha value is -0.960. The Kier molecular flexibility index (Phi) is 6.08. The number of halogens is 2. The molecule has 0 bridgehead atoms. The van der Waals surface area contributed by atoms with Crippen LogP contribution in [-0.2, 0) is 24.7 Å². The Morgan fingerprint density at radius 1 is 0.903 bits per heavy atom. The molecule has 5 heteroatoms. The summed E-state index contributed by atoms with van der Waals surface area (Å²) in [5.41, 5.74) is 11.8. The Balaban J connectivity index is 0.00000116. The summed E-state index contributed by atoms with van der Waals surface area (Å²) in [6.45, 7) is 5.24. The Bertz CT molecular complexity index is 1230. The van der Waals surface area contributed by atoms with Crippen LogP contribution in [0.1, 0.15) is 43.8 Å². The molecule has 1 nitrogen and oxygen atoms in total. The van der Waals surface area contributed by atoms with Crippen molar-refractivity contribution in [1.29, 1.82) is 0 Å². The molecule has 31 heavy (non-hydrogen) atoms. The summed E-state index contributed by atoms with van der Waals surface area (Å²) in [7, 11) is -1.46. The molecule has 0 amide bonds. The van der Waals surface area contributed by atoms with Crippen molar-refractivity contribution in [2.45, 2.75) is 29.1 Å². The Morgan fingerprint density at radius 3 is 2.32 bits per heavy atom. The van der Waals surface area contributed by atoms with Crippen molar-refractivity contribution in [3.63, 3.8) is 0 Å². The summed E-state index contributed by atoms with van der Waals surface area (Å²) < 4.78 is 0.516. The third kappa shape index (κ3) is 3.15. The van der Waals surface area contributed by atoms with Crippen molar-refractivity contribution in [2.24, 2.45) is 0 Å². The van der Waals surface area contributed by atoms with Crippen molar-refractivity contribution < 1.29 is 54.6 Å². The minimum atomic E-state index is -1.46. The van der Waals surface area contributed by atoms with E-state index >= 15 is 0 Å². The molecule has 1 heterocycles. The van der Waals surface area contributed by atoms with Crippen molar-refractivity contribution in [2.75, 3.05) is 6.61 Å². The summed E-state index contributed by atoms with van der Waals surface area (Å²) >= 11 is 1.57. The van der Waals surface area contributed by atoms with Gasteiger partial charge in [0.1, 0.15) is 0 Å². The van der Waals surface area contributed by atoms with E-state index in [4.69, 9.17) is 0 Å². The zero-order valence-electron chi connectivity index (χ0n) is 17.5. The molecule has 1 N–H and O–H groups in total. The molecule has 0 radical (unpaired) electrons. The van der Waals surface area contributed by atoms with Gasteiger partial charge in [0.05, 0.1) is 0 Å². The smallest absolute Gasteiger partial charge is 1.00 e. The van der Waals surface area contributed by atoms with Crippen LogP contribution >= 0.6 is 0 Å². The number of rotatable bonds is 3. The Labute approximate surface area is 212 Å². The molecule has 2 aliphatic carbocycles. The van der Waals surface area contributed by atoms with Crippen LogP contribution in [0, 0.1) is 0 Å². The second-order valence-electron chi connectivity index (χ2n) is 9.07. The molecule has 0 saturated heterocycles. The van der Waals surface area contributed by atoms with Crippen LogP contribution in [0.15, 0.2) is 60.2 Å². The molecule has 0 fully saturated rings. The van der Waals surface area contributed by atoms with Gasteiger partial charge in [-0.1, -0.05) is 0 Å². The van der Waals surface area contributed by atoms with Crippen LogP contribution in [0.25, 0.3) is 17.2 Å². The fourth-order valence-corrected chi connectivity index (χ4v) is 10.6. The summed E-state index contributed by atoms with van der Waals surface area (Å²) in [6, 6.07) is 20.4. The van der Waals surface area contributed by atoms with Crippen molar-refractivity contribution in [1.82, 2.24) is 0 Å². The molecule has 0 saturated carbocycles. The molecule has 155 valence electrons. The minimum absolute atomic E-state index is 0. The summed E-state index contributed by atoms with van der Waals surface area (Å²) in [6.07, 6.45) is 3.10. The van der Waals surface area contributed by atoms with E-state index in [1.165, 1.54) is 33.4 Å². The molecule has 1 aliphatic heterocycles. The largest absolute Gasteiger partial charge is 1.00 e. The van der Waals surface area contributed by atoms with Gasteiger partial charge in [0.2, 0.25) is 0 Å². The molecule has 3 aromatic carbocycles. The van der Waals surface area contributed by atoms with Crippen molar-refractivity contribution in [3.8, 4) is 11.1 Å². The molecular formula is C26H23Cl2OSiZr. The van der Waals surface area contributed by atoms with E-state index in [0.717, 1.165) is 6.42 Å². The van der Waals surface area contributed by atoms with E-state index < -0.39 is 8.07 Å². The monoisotopic (exact) mass is 539 g/mol. The van der Waals surface area contributed by atoms with E-state index in [0.29, 0.717) is 9.54 Å². The fraction of sp³-hybridized carbons (Fsp3) is 0.231. The number of hydrogen-bond donors (Lipinski definition) is 1. The van der Waals surface area contributed by atoms with Gasteiger partial charge in [0.25, 0.3) is 0 Å². The molecular weight excluding hydrogens is 519 g/mol. The van der Waals surface area contributed by atoms with Crippen LogP contribution in [0.2, 0.25) is 13.1 Å². The fourth-order valence-electron chi connectivity index (χ4n) is 5.79. The normalized spacial score (nSPS) is 20.5. The van der Waals surface area contributed by atoms with Gasteiger partial charge in [-0.3, -0.25) is 0 Å². The summed E-state index contributed by atoms with van der Waals surface area (Å²) in [5.74, 6) is 0.314. The van der Waals surface area contributed by atoms with Gasteiger partial charge >= 0.3 is 189 Å². The topological polar surface area (TPSA) is 20.2 Å². The third-order valence-corrected chi connectivity index (χ3v) is 12.0. The number of fused-ring (bicyclic) bond motifs is 5. The maximum absolute atomic E-state index is 9.82. The second kappa shape index (κ2) is 8.12. The molecule has 3 aliphatic rings. The van der Waals surface area contributed by atoms with E-state index in [1.807, 2.05) is 0 Å². The number of hydrogen-bond acceptors (Lipinski definition) is 1. The van der Waals surface area contributed by atoms with Crippen molar-refractivity contribution in [3.05, 3.63) is 88.0 Å². The van der Waals surface area contributed by atoms with E-state index in [-0.39, 0.29) is 31.4 Å². The first-order valence-corrected chi connectivity index (χ1v) is 14.9. The van der Waals surface area contributed by atoms with Gasteiger partial charge in [0.15, 0.2) is 0 Å². The molecule has 3 aromatic rings. The van der Waals surface area contributed by atoms with E-state index in [1.54, 1.807) is 46.2 Å². The molecule has 2 atom stereocenters. The molecule has 6 rings (SSSR count). The third-order valence-electron chi connectivity index (χ3n) is 7.20. The van der Waals surface area contributed by atoms with Crippen LogP contribution in [-0.4, -0.2) is 19.8 Å². The average molecular weight is 542 g/mol. The van der Waals surface area contributed by atoms with Gasteiger partial charge in [-0.05, 0) is 0 Å². The van der Waals surface area contributed by atoms with Crippen LogP contribution in [0.4, 0.5) is 0 Å². The molecule has 2 unspecified atom stereocenters. The predicted octanol–water partition coefficient (Wildman–Crippen LogP) is -1.64. The van der Waals surface area contributed by atoms with Crippen molar-refractivity contribution >= 4 is 24.5 Å². The maximum Gasteiger partial charge on any atom is -1.00 e. The number of aliphatic hydroxyl groups excluding tert-OH is 1. The van der Waals surface area contributed by atoms with Gasteiger partial charge in [-0.25, -0.2) is 0 Å². The zero-order chi connectivity index (χ0) is 19.9. The molecule has 0 spiro atoms. The average Bonchev–Trinajstić information content (AvgIpc) is 3.00. The first-order valence-electron chi connectivity index (χ1n) is 10.5. The standard InChI is InChI=1S/C26H23OSi.2ClH.Zr/c1-28(2)23-15-21-19-9-5-3-8-17(19)14-22(21)25(26(23)28)24-18(11-12-27)13-16-7-4-6-10-20(16)24;;;/h3-10,13-15,24,27H,11-12H2,1-2H3;2*1H;/q;;;+2/p-2. The van der Waals surface area contributed by atoms with Crippen LogP contribution in [0.3, 0.4) is 0 Å².